The van der Waals surface area contributed by atoms with Crippen LogP contribution in [0, 0.1) is 18.8 Å². The van der Waals surface area contributed by atoms with Gasteiger partial charge in [-0.25, -0.2) is 32.6 Å². The molecule has 3 aromatic rings. The SMILES string of the molecule is CNCC(=O)OCC(=O)O[C@H](CN(CC(C)C)S(=O)(=O)c1ccc2c(c1)OCO2)[C@H](Cc1ccc(OCc2csc(C)n2)cc1)NC(=O)O[C@H]1CO[C@H]2OCC[C@H]21.O=C(O)C(F)(F)F.O=C(O)C(F)(F)F. The minimum Gasteiger partial charge on any atom is -0.487 e. The van der Waals surface area contributed by atoms with E-state index in [-0.39, 0.29) is 62.0 Å². The van der Waals surface area contributed by atoms with Crippen molar-refractivity contribution in [2.75, 3.05) is 53.3 Å². The van der Waals surface area contributed by atoms with Crippen molar-refractivity contribution in [3.05, 3.63) is 64.1 Å². The second-order valence-corrected chi connectivity index (χ2v) is 18.8. The average Bonchev–Trinajstić information content (AvgIpc) is 4.12. The van der Waals surface area contributed by atoms with E-state index in [1.807, 2.05) is 26.2 Å². The Morgan fingerprint density at radius 1 is 0.930 bits per heavy atom. The molecule has 0 radical (unpaired) electrons. The molecule has 0 unspecified atom stereocenters. The zero-order valence-electron chi connectivity index (χ0n) is 38.2. The smallest absolute Gasteiger partial charge is 0.487 e. The van der Waals surface area contributed by atoms with E-state index in [1.54, 1.807) is 31.3 Å². The molecule has 1 aromatic heterocycles. The fourth-order valence-corrected chi connectivity index (χ4v) is 8.83. The largest absolute Gasteiger partial charge is 0.490 e. The minimum atomic E-state index is -5.08. The summed E-state index contributed by atoms with van der Waals surface area (Å²) in [4.78, 5) is 61.4. The fraction of sp³-hybridized carbons (Fsp3) is 0.524. The number of nitrogens with one attached hydrogen (secondary N) is 2. The first-order chi connectivity index (χ1) is 33.3. The highest BCUT2D eigenvalue weighted by atomic mass is 32.2. The molecule has 394 valence electrons. The Morgan fingerprint density at radius 3 is 2.17 bits per heavy atom. The number of aryl methyl sites for hydroxylation is 1. The fourth-order valence-electron chi connectivity index (χ4n) is 6.60. The highest BCUT2D eigenvalue weighted by molar-refractivity contribution is 7.89. The molecule has 2 fully saturated rings. The second kappa shape index (κ2) is 25.9. The molecule has 1 amide bonds. The third-order valence-corrected chi connectivity index (χ3v) is 12.5. The quantitative estimate of drug-likeness (QED) is 0.0734. The van der Waals surface area contributed by atoms with Gasteiger partial charge in [-0.15, -0.1) is 11.3 Å². The minimum absolute atomic E-state index is 0.0200. The van der Waals surface area contributed by atoms with Crippen LogP contribution in [0.1, 0.15) is 36.5 Å². The van der Waals surface area contributed by atoms with E-state index >= 15 is 0 Å². The molecule has 3 aliphatic rings. The molecule has 2 saturated heterocycles. The van der Waals surface area contributed by atoms with Crippen molar-refractivity contribution in [3.8, 4) is 17.2 Å². The van der Waals surface area contributed by atoms with Gasteiger partial charge in [0.25, 0.3) is 0 Å². The maximum absolute atomic E-state index is 14.4. The molecule has 0 spiro atoms. The first-order valence-corrected chi connectivity index (χ1v) is 23.4. The number of esters is 2. The van der Waals surface area contributed by atoms with Crippen LogP contribution in [-0.4, -0.2) is 148 Å². The number of likely N-dealkylation sites (N-methyl/N-ethyl adjacent to an activating group) is 1. The molecular weight excluding hydrogens is 1010 g/mol. The number of carboxylic acids is 2. The molecule has 0 aliphatic carbocycles. The molecule has 4 N–H and O–H groups in total. The summed E-state index contributed by atoms with van der Waals surface area (Å²) < 4.78 is 138. The molecule has 6 rings (SSSR count). The van der Waals surface area contributed by atoms with Gasteiger partial charge in [-0.1, -0.05) is 26.0 Å². The summed E-state index contributed by atoms with van der Waals surface area (Å²) in [5, 5.41) is 22.6. The number of carbonyl (C=O) groups excluding carboxylic acids is 3. The number of carboxylic acid groups (broad SMARTS) is 2. The molecule has 0 bridgehead atoms. The van der Waals surface area contributed by atoms with E-state index in [0.29, 0.717) is 30.1 Å². The van der Waals surface area contributed by atoms with E-state index in [1.165, 1.54) is 33.8 Å². The second-order valence-electron chi connectivity index (χ2n) is 15.8. The van der Waals surface area contributed by atoms with Crippen molar-refractivity contribution in [1.82, 2.24) is 19.9 Å². The van der Waals surface area contributed by atoms with Crippen LogP contribution in [0.25, 0.3) is 0 Å². The van der Waals surface area contributed by atoms with E-state index in [0.717, 1.165) is 10.7 Å². The Hall–Kier alpha value is -6.01. The number of sulfonamides is 1. The normalized spacial score (nSPS) is 17.9. The number of amides is 1. The highest BCUT2D eigenvalue weighted by Crippen LogP contribution is 2.36. The molecule has 71 heavy (non-hydrogen) atoms. The van der Waals surface area contributed by atoms with Gasteiger partial charge in [0.05, 0.1) is 53.9 Å². The highest BCUT2D eigenvalue weighted by Gasteiger charge is 2.45. The van der Waals surface area contributed by atoms with Crippen molar-refractivity contribution >= 4 is 51.3 Å². The van der Waals surface area contributed by atoms with Crippen LogP contribution in [0.15, 0.2) is 52.7 Å². The molecular formula is C42H50F6N4O17S2. The number of fused-ring (bicyclic) bond motifs is 2. The molecule has 5 atom stereocenters. The van der Waals surface area contributed by atoms with E-state index < -0.39 is 90.0 Å². The van der Waals surface area contributed by atoms with Gasteiger partial charge in [-0.3, -0.25) is 4.79 Å². The number of nitrogens with zero attached hydrogens (tertiary/aromatic N) is 2. The lowest BCUT2D eigenvalue weighted by Gasteiger charge is -2.33. The zero-order valence-corrected chi connectivity index (χ0v) is 39.8. The maximum atomic E-state index is 14.4. The summed E-state index contributed by atoms with van der Waals surface area (Å²) in [6.45, 7) is 5.18. The summed E-state index contributed by atoms with van der Waals surface area (Å²) in [6, 6.07) is 10.4. The third-order valence-electron chi connectivity index (χ3n) is 9.80. The number of rotatable bonds is 19. The van der Waals surface area contributed by atoms with Crippen LogP contribution >= 0.6 is 11.3 Å². The zero-order chi connectivity index (χ0) is 52.7. The number of ether oxygens (including phenoxy) is 8. The summed E-state index contributed by atoms with van der Waals surface area (Å²) in [7, 11) is -2.71. The van der Waals surface area contributed by atoms with Crippen molar-refractivity contribution in [3.63, 3.8) is 0 Å². The van der Waals surface area contributed by atoms with Crippen LogP contribution in [-0.2, 0) is 65.9 Å². The summed E-state index contributed by atoms with van der Waals surface area (Å²) in [5.74, 6) is -6.23. The van der Waals surface area contributed by atoms with Gasteiger partial charge >= 0.3 is 42.3 Å². The predicted molar refractivity (Wildman–Crippen MR) is 231 cm³/mol. The van der Waals surface area contributed by atoms with Crippen LogP contribution in [0.3, 0.4) is 0 Å². The standard InChI is InChI=1S/C38H48N4O13S2.2C2HF3O2/c1-23(2)16-42(57(46,47)28-9-10-31-32(14-28)53-22-52-31)17-33(54-36(44)20-50-35(43)15-39-4)30(41-38(45)55-34-19-51-37-29(34)11-12-48-37)13-25-5-7-27(8-6-25)49-18-26-21-56-24(3)40-26;2*3-2(4,5)1(6)7/h5-10,14,21,23,29-30,33-34,37,39H,11-13,15-20,22H2,1-4H3,(H,41,45);2*(H,6,7)/t29-,30-,33+,34-,37+;;/m0../s1. The lowest BCUT2D eigenvalue weighted by Crippen LogP contribution is -2.53. The van der Waals surface area contributed by atoms with Crippen molar-refractivity contribution in [2.24, 2.45) is 11.8 Å². The number of benzene rings is 2. The molecule has 29 heteroatoms. The molecule has 2 aromatic carbocycles. The summed E-state index contributed by atoms with van der Waals surface area (Å²) in [5.41, 5.74) is 1.50. The Labute approximate surface area is 405 Å². The Morgan fingerprint density at radius 2 is 1.58 bits per heavy atom. The Kier molecular flexibility index (Phi) is 21.0. The summed E-state index contributed by atoms with van der Waals surface area (Å²) in [6.07, 6.45) is -12.7. The van der Waals surface area contributed by atoms with Crippen LogP contribution in [0.2, 0.25) is 0 Å². The molecule has 0 saturated carbocycles. The monoisotopic (exact) mass is 1060 g/mol. The van der Waals surface area contributed by atoms with E-state index in [4.69, 9.17) is 57.7 Å². The van der Waals surface area contributed by atoms with Crippen molar-refractivity contribution in [1.29, 1.82) is 0 Å². The number of aliphatic carboxylic acids is 2. The van der Waals surface area contributed by atoms with Gasteiger partial charge in [0.2, 0.25) is 16.8 Å². The van der Waals surface area contributed by atoms with E-state index in [2.05, 4.69) is 15.6 Å². The van der Waals surface area contributed by atoms with Gasteiger partial charge in [0, 0.05) is 18.0 Å². The number of halogens is 6. The third kappa shape index (κ3) is 18.3. The predicted octanol–water partition coefficient (Wildman–Crippen LogP) is 4.45. The first-order valence-electron chi connectivity index (χ1n) is 21.1. The van der Waals surface area contributed by atoms with Crippen molar-refractivity contribution < 1.29 is 107 Å². The Bertz CT molecular complexity index is 2370. The van der Waals surface area contributed by atoms with Gasteiger partial charge in [0.15, 0.2) is 24.4 Å². The Balaban J connectivity index is 0.000000683. The molecule has 3 aliphatic heterocycles. The molecule has 4 heterocycles. The number of carbonyl (C=O) groups is 5. The van der Waals surface area contributed by atoms with Gasteiger partial charge < -0.3 is 58.7 Å². The summed E-state index contributed by atoms with van der Waals surface area (Å²) >= 11 is 1.53. The lowest BCUT2D eigenvalue weighted by molar-refractivity contribution is -0.193. The number of aromatic nitrogens is 1. The lowest BCUT2D eigenvalue weighted by atomic mass is 10.0. The number of hydrogen-bond acceptors (Lipinski definition) is 18. The maximum Gasteiger partial charge on any atom is 0.490 e. The van der Waals surface area contributed by atoms with Crippen molar-refractivity contribution in [2.45, 2.75) is 82.0 Å². The van der Waals surface area contributed by atoms with Gasteiger partial charge in [-0.05, 0) is 62.6 Å². The van der Waals surface area contributed by atoms with Crippen LogP contribution in [0.5, 0.6) is 17.2 Å². The number of hydrogen-bond donors (Lipinski definition) is 4. The number of alkyl halides is 6. The van der Waals surface area contributed by atoms with E-state index in [9.17, 15) is 49.1 Å². The van der Waals surface area contributed by atoms with Gasteiger partial charge in [-0.2, -0.15) is 30.6 Å². The number of thiazole rings is 1. The topological polar surface area (TPSA) is 274 Å². The van der Waals surface area contributed by atoms with Crippen LogP contribution in [0.4, 0.5) is 31.1 Å². The number of alkyl carbamates (subject to hydrolysis) is 1. The first kappa shape index (κ1) is 57.6. The average molecular weight is 1060 g/mol. The van der Waals surface area contributed by atoms with Crippen LogP contribution < -0.4 is 24.8 Å². The molecule has 21 nitrogen and oxygen atoms in total. The van der Waals surface area contributed by atoms with Gasteiger partial charge in [0.1, 0.15) is 24.6 Å².